The van der Waals surface area contributed by atoms with Gasteiger partial charge in [-0.05, 0) is 59.2 Å². The van der Waals surface area contributed by atoms with E-state index in [0.717, 1.165) is 25.2 Å². The molecule has 1 aliphatic rings. The Bertz CT molecular complexity index is 428. The fourth-order valence-electron chi connectivity index (χ4n) is 3.19. The molecule has 0 amide bonds. The van der Waals surface area contributed by atoms with Crippen LogP contribution in [-0.2, 0) is 0 Å². The van der Waals surface area contributed by atoms with Crippen LogP contribution in [0.5, 0.6) is 0 Å². The number of likely N-dealkylation sites (N-methyl/N-ethyl adjacent to an activating group) is 3. The lowest BCUT2D eigenvalue weighted by Gasteiger charge is -2.35. The number of rotatable bonds is 3. The van der Waals surface area contributed by atoms with E-state index in [9.17, 15) is 0 Å². The lowest BCUT2D eigenvalue weighted by atomic mass is 9.95. The molecule has 2 unspecified atom stereocenters. The Morgan fingerprint density at radius 3 is 2.80 bits per heavy atom. The van der Waals surface area contributed by atoms with Gasteiger partial charge in [-0.1, -0.05) is 0 Å². The predicted molar refractivity (Wildman–Crippen MR) is 83.7 cm³/mol. The quantitative estimate of drug-likeness (QED) is 0.858. The van der Waals surface area contributed by atoms with Crippen molar-refractivity contribution in [3.05, 3.63) is 23.4 Å². The van der Waals surface area contributed by atoms with Crippen LogP contribution in [0.15, 0.2) is 12.3 Å². The van der Waals surface area contributed by atoms with Crippen molar-refractivity contribution in [2.75, 3.05) is 46.5 Å². The molecule has 5 nitrogen and oxygen atoms in total. The Labute approximate surface area is 122 Å². The maximum atomic E-state index is 6.14. The van der Waals surface area contributed by atoms with Crippen LogP contribution in [0.2, 0.25) is 0 Å². The fourth-order valence-corrected chi connectivity index (χ4v) is 3.19. The molecule has 0 saturated carbocycles. The number of hydrogen-bond donors (Lipinski definition) is 2. The molecule has 0 aliphatic carbocycles. The highest BCUT2D eigenvalue weighted by atomic mass is 15.2. The van der Waals surface area contributed by atoms with Crippen molar-refractivity contribution < 1.29 is 0 Å². The molecular formula is C15H27N5. The second-order valence-corrected chi connectivity index (χ2v) is 5.86. The highest BCUT2D eigenvalue weighted by Gasteiger charge is 2.30. The van der Waals surface area contributed by atoms with E-state index in [1.54, 1.807) is 6.20 Å². The van der Waals surface area contributed by atoms with E-state index < -0.39 is 0 Å². The summed E-state index contributed by atoms with van der Waals surface area (Å²) < 4.78 is 0. The maximum absolute atomic E-state index is 6.14. The smallest absolute Gasteiger partial charge is 0.128 e. The molecule has 112 valence electrons. The van der Waals surface area contributed by atoms with Crippen LogP contribution in [0.25, 0.3) is 0 Å². The zero-order valence-corrected chi connectivity index (χ0v) is 13.1. The van der Waals surface area contributed by atoms with Crippen LogP contribution < -0.4 is 11.1 Å². The van der Waals surface area contributed by atoms with E-state index in [1.165, 1.54) is 12.0 Å². The average Bonchev–Trinajstić information content (AvgIpc) is 2.56. The van der Waals surface area contributed by atoms with E-state index in [-0.39, 0.29) is 6.04 Å². The SMILES string of the molecule is CNC(c1c(C)ccnc1N)C1CN(C)CCCN1C. The van der Waals surface area contributed by atoms with Crippen LogP contribution in [-0.4, -0.2) is 61.6 Å². The number of pyridine rings is 1. The first kappa shape index (κ1) is 15.2. The molecule has 2 atom stereocenters. The van der Waals surface area contributed by atoms with Gasteiger partial charge in [0.1, 0.15) is 5.82 Å². The summed E-state index contributed by atoms with van der Waals surface area (Å²) in [5.41, 5.74) is 8.49. The highest BCUT2D eigenvalue weighted by Crippen LogP contribution is 2.28. The number of nitrogens with one attached hydrogen (secondary N) is 1. The molecule has 1 aromatic heterocycles. The molecule has 1 aliphatic heterocycles. The van der Waals surface area contributed by atoms with E-state index in [1.807, 2.05) is 13.1 Å². The van der Waals surface area contributed by atoms with Gasteiger partial charge in [0.15, 0.2) is 0 Å². The number of hydrogen-bond acceptors (Lipinski definition) is 5. The highest BCUT2D eigenvalue weighted by molar-refractivity contribution is 5.46. The second kappa shape index (κ2) is 6.52. The van der Waals surface area contributed by atoms with Gasteiger partial charge in [0.05, 0.1) is 6.04 Å². The molecule has 1 fully saturated rings. The summed E-state index contributed by atoms with van der Waals surface area (Å²) in [6.07, 6.45) is 2.99. The minimum Gasteiger partial charge on any atom is -0.383 e. The van der Waals surface area contributed by atoms with Crippen LogP contribution in [0, 0.1) is 6.92 Å². The Morgan fingerprint density at radius 2 is 2.15 bits per heavy atom. The Morgan fingerprint density at radius 1 is 1.40 bits per heavy atom. The molecule has 5 heteroatoms. The third kappa shape index (κ3) is 3.11. The van der Waals surface area contributed by atoms with Gasteiger partial charge in [-0.15, -0.1) is 0 Å². The lowest BCUT2D eigenvalue weighted by Crippen LogP contribution is -2.46. The summed E-state index contributed by atoms with van der Waals surface area (Å²) in [7, 11) is 6.41. The van der Waals surface area contributed by atoms with Crippen molar-refractivity contribution in [1.29, 1.82) is 0 Å². The molecule has 0 spiro atoms. The van der Waals surface area contributed by atoms with Crippen molar-refractivity contribution in [1.82, 2.24) is 20.1 Å². The van der Waals surface area contributed by atoms with Crippen LogP contribution >= 0.6 is 0 Å². The van der Waals surface area contributed by atoms with Gasteiger partial charge < -0.3 is 20.9 Å². The van der Waals surface area contributed by atoms with Crippen molar-refractivity contribution in [3.8, 4) is 0 Å². The largest absolute Gasteiger partial charge is 0.383 e. The van der Waals surface area contributed by atoms with Gasteiger partial charge in [-0.3, -0.25) is 0 Å². The number of nitrogen functional groups attached to an aromatic ring is 1. The molecule has 1 aromatic rings. The number of anilines is 1. The molecule has 3 N–H and O–H groups in total. The zero-order chi connectivity index (χ0) is 14.7. The third-order valence-electron chi connectivity index (χ3n) is 4.36. The summed E-state index contributed by atoms with van der Waals surface area (Å²) >= 11 is 0. The first-order valence-corrected chi connectivity index (χ1v) is 7.31. The summed E-state index contributed by atoms with van der Waals surface area (Å²) in [6.45, 7) is 5.42. The molecule has 0 aromatic carbocycles. The van der Waals surface area contributed by atoms with Crippen molar-refractivity contribution in [2.45, 2.75) is 25.4 Å². The molecule has 0 radical (unpaired) electrons. The zero-order valence-electron chi connectivity index (χ0n) is 13.1. The average molecular weight is 277 g/mol. The van der Waals surface area contributed by atoms with Crippen LogP contribution in [0.1, 0.15) is 23.6 Å². The van der Waals surface area contributed by atoms with Crippen molar-refractivity contribution >= 4 is 5.82 Å². The second-order valence-electron chi connectivity index (χ2n) is 5.86. The number of nitrogens with zero attached hydrogens (tertiary/aromatic N) is 3. The monoisotopic (exact) mass is 277 g/mol. The summed E-state index contributed by atoms with van der Waals surface area (Å²) in [4.78, 5) is 9.12. The molecule has 0 bridgehead atoms. The predicted octanol–water partition coefficient (Wildman–Crippen LogP) is 0.869. The van der Waals surface area contributed by atoms with Crippen molar-refractivity contribution in [3.63, 3.8) is 0 Å². The van der Waals surface area contributed by atoms with Gasteiger partial charge >= 0.3 is 0 Å². The first-order chi connectivity index (χ1) is 9.54. The molecule has 20 heavy (non-hydrogen) atoms. The Kier molecular flexibility index (Phi) is 4.96. The Hall–Kier alpha value is -1.17. The molecule has 1 saturated heterocycles. The molecule has 2 rings (SSSR count). The van der Waals surface area contributed by atoms with Crippen molar-refractivity contribution in [2.24, 2.45) is 0 Å². The maximum Gasteiger partial charge on any atom is 0.128 e. The lowest BCUT2D eigenvalue weighted by molar-refractivity contribution is 0.182. The number of aromatic nitrogens is 1. The minimum atomic E-state index is 0.203. The third-order valence-corrected chi connectivity index (χ3v) is 4.36. The van der Waals surface area contributed by atoms with E-state index in [2.05, 4.69) is 41.1 Å². The number of nitrogens with two attached hydrogens (primary N) is 1. The van der Waals surface area contributed by atoms with Gasteiger partial charge in [0.25, 0.3) is 0 Å². The van der Waals surface area contributed by atoms with E-state index in [0.29, 0.717) is 11.9 Å². The van der Waals surface area contributed by atoms with Gasteiger partial charge in [0, 0.05) is 24.3 Å². The van der Waals surface area contributed by atoms with E-state index in [4.69, 9.17) is 5.73 Å². The normalized spacial score (nSPS) is 23.5. The van der Waals surface area contributed by atoms with Crippen LogP contribution in [0.3, 0.4) is 0 Å². The Balaban J connectivity index is 2.35. The topological polar surface area (TPSA) is 57.4 Å². The fraction of sp³-hybridized carbons (Fsp3) is 0.667. The van der Waals surface area contributed by atoms with Crippen LogP contribution in [0.4, 0.5) is 5.82 Å². The summed E-state index contributed by atoms with van der Waals surface area (Å²) in [5, 5.41) is 3.46. The summed E-state index contributed by atoms with van der Waals surface area (Å²) in [6, 6.07) is 2.64. The molecular weight excluding hydrogens is 250 g/mol. The van der Waals surface area contributed by atoms with Gasteiger partial charge in [-0.2, -0.15) is 0 Å². The molecule has 2 heterocycles. The van der Waals surface area contributed by atoms with Gasteiger partial charge in [0.2, 0.25) is 0 Å². The minimum absolute atomic E-state index is 0.203. The van der Waals surface area contributed by atoms with E-state index >= 15 is 0 Å². The standard InChI is InChI=1S/C15H27N5/c1-11-6-7-18-15(16)13(11)14(17-2)12-10-19(3)8-5-9-20(12)4/h6-7,12,14,17H,5,8-10H2,1-4H3,(H2,16,18). The summed E-state index contributed by atoms with van der Waals surface area (Å²) in [5.74, 6) is 0.643. The first-order valence-electron chi connectivity index (χ1n) is 7.31. The van der Waals surface area contributed by atoms with Gasteiger partial charge in [-0.25, -0.2) is 4.98 Å². The number of aryl methyl sites for hydroxylation is 1.